The van der Waals surface area contributed by atoms with Gasteiger partial charge in [0.25, 0.3) is 17.5 Å². The molecule has 0 radical (unpaired) electrons. The summed E-state index contributed by atoms with van der Waals surface area (Å²) in [4.78, 5) is 70.3. The number of anilines is 2. The van der Waals surface area contributed by atoms with E-state index in [-0.39, 0.29) is 35.0 Å². The number of allylic oxidation sites excluding steroid dienone is 2. The molecular formula is C39H31ClN4O7. The van der Waals surface area contributed by atoms with Gasteiger partial charge < -0.3 is 5.11 Å². The van der Waals surface area contributed by atoms with Crippen molar-refractivity contribution in [1.82, 2.24) is 5.01 Å². The maximum atomic E-state index is 15.2. The average molecular weight is 703 g/mol. The summed E-state index contributed by atoms with van der Waals surface area (Å²) in [6, 6.07) is 26.3. The molecule has 2 aliphatic carbocycles. The minimum atomic E-state index is -1.52. The highest BCUT2D eigenvalue weighted by molar-refractivity contribution is 6.31. The fourth-order valence-corrected chi connectivity index (χ4v) is 9.13. The lowest BCUT2D eigenvalue weighted by atomic mass is 9.49. The van der Waals surface area contributed by atoms with Crippen LogP contribution in [0.1, 0.15) is 35.4 Å². The first-order valence-electron chi connectivity index (χ1n) is 16.6. The molecule has 0 bridgehead atoms. The van der Waals surface area contributed by atoms with Crippen LogP contribution in [0, 0.1) is 40.7 Å². The third-order valence-corrected chi connectivity index (χ3v) is 11.3. The molecule has 11 nitrogen and oxygen atoms in total. The minimum Gasteiger partial charge on any atom is -0.508 e. The summed E-state index contributed by atoms with van der Waals surface area (Å²) in [7, 11) is 0. The summed E-state index contributed by atoms with van der Waals surface area (Å²) in [5.74, 6) is -6.25. The van der Waals surface area contributed by atoms with Gasteiger partial charge in [-0.2, -0.15) is 5.01 Å². The van der Waals surface area contributed by atoms with Crippen LogP contribution in [-0.2, 0) is 24.6 Å². The average Bonchev–Trinajstić information content (AvgIpc) is 3.50. The van der Waals surface area contributed by atoms with Gasteiger partial charge in [-0.05, 0) is 67.1 Å². The Hall–Kier alpha value is -5.81. The van der Waals surface area contributed by atoms with Crippen molar-refractivity contribution < 1.29 is 29.2 Å². The Morgan fingerprint density at radius 2 is 1.63 bits per heavy atom. The number of nitrogens with one attached hydrogen (secondary N) is 1. The fourth-order valence-electron chi connectivity index (χ4n) is 8.84. The number of aryl methyl sites for hydroxylation is 1. The number of hydrazine groups is 1. The number of phenols is 1. The van der Waals surface area contributed by atoms with Gasteiger partial charge in [0.05, 0.1) is 39.5 Å². The van der Waals surface area contributed by atoms with Crippen LogP contribution in [0.2, 0.25) is 5.02 Å². The van der Waals surface area contributed by atoms with Gasteiger partial charge in [0.15, 0.2) is 0 Å². The minimum absolute atomic E-state index is 0.0759. The summed E-state index contributed by atoms with van der Waals surface area (Å²) in [5, 5.41) is 23.2. The zero-order chi connectivity index (χ0) is 35.8. The van der Waals surface area contributed by atoms with E-state index in [1.54, 1.807) is 30.3 Å². The van der Waals surface area contributed by atoms with Crippen LogP contribution in [0.5, 0.6) is 5.75 Å². The van der Waals surface area contributed by atoms with Gasteiger partial charge in [-0.3, -0.25) is 34.7 Å². The smallest absolute Gasteiger partial charge is 0.271 e. The molecule has 12 heteroatoms. The van der Waals surface area contributed by atoms with Crippen molar-refractivity contribution in [2.24, 2.45) is 23.7 Å². The van der Waals surface area contributed by atoms with Crippen LogP contribution >= 0.6 is 11.6 Å². The maximum Gasteiger partial charge on any atom is 0.271 e. The Morgan fingerprint density at radius 3 is 2.33 bits per heavy atom. The molecule has 2 saturated heterocycles. The summed E-state index contributed by atoms with van der Waals surface area (Å²) >= 11 is 6.91. The normalized spacial score (nSPS) is 26.8. The Morgan fingerprint density at radius 1 is 0.882 bits per heavy atom. The van der Waals surface area contributed by atoms with Crippen LogP contribution < -0.4 is 10.3 Å². The summed E-state index contributed by atoms with van der Waals surface area (Å²) < 4.78 is 0. The second-order valence-corrected chi connectivity index (χ2v) is 14.0. The molecule has 4 aromatic rings. The Bertz CT molecular complexity index is 2190. The number of hydrogen-bond donors (Lipinski definition) is 2. The van der Waals surface area contributed by atoms with Gasteiger partial charge in [0.2, 0.25) is 11.8 Å². The molecule has 3 fully saturated rings. The number of halogens is 1. The van der Waals surface area contributed by atoms with Crippen LogP contribution in [0.15, 0.2) is 109 Å². The number of carbonyl (C=O) groups is 4. The SMILES string of the molecule is Cc1ccc(NN2C(=O)C3CC4C(=CCC5C(=O)N(c6cccc([N+](=O)[O-])c6)C(=O)C54)C(c4ccc(O)cc4Cl)C3(c3ccccc3)C2=O)cc1. The topological polar surface area (TPSA) is 150 Å². The first kappa shape index (κ1) is 32.4. The molecule has 0 aromatic heterocycles. The zero-order valence-electron chi connectivity index (χ0n) is 27.2. The quantitative estimate of drug-likeness (QED) is 0.101. The van der Waals surface area contributed by atoms with E-state index in [2.05, 4.69) is 5.43 Å². The highest BCUT2D eigenvalue weighted by Gasteiger charge is 2.70. The maximum absolute atomic E-state index is 15.2. The van der Waals surface area contributed by atoms with Gasteiger partial charge in [-0.25, -0.2) is 4.90 Å². The molecular weight excluding hydrogens is 672 g/mol. The van der Waals surface area contributed by atoms with E-state index in [1.807, 2.05) is 43.3 Å². The van der Waals surface area contributed by atoms with Crippen molar-refractivity contribution in [3.63, 3.8) is 0 Å². The number of imide groups is 2. The first-order chi connectivity index (χ1) is 24.5. The van der Waals surface area contributed by atoms with E-state index in [0.29, 0.717) is 22.4 Å². The van der Waals surface area contributed by atoms with E-state index < -0.39 is 63.6 Å². The van der Waals surface area contributed by atoms with Crippen LogP contribution in [0.3, 0.4) is 0 Å². The number of aromatic hydroxyl groups is 1. The Labute approximate surface area is 297 Å². The number of non-ortho nitro benzene ring substituents is 1. The largest absolute Gasteiger partial charge is 0.508 e. The Balaban J connectivity index is 1.31. The fraction of sp³-hybridized carbons (Fsp3) is 0.231. The number of carbonyl (C=O) groups excluding carboxylic acids is 4. The van der Waals surface area contributed by atoms with Gasteiger partial charge in [0, 0.05) is 23.1 Å². The Kier molecular flexibility index (Phi) is 7.57. The molecule has 2 aliphatic heterocycles. The number of rotatable bonds is 6. The number of phenolic OH excluding ortho intramolecular Hbond substituents is 1. The lowest BCUT2D eigenvalue weighted by Gasteiger charge is -2.50. The highest BCUT2D eigenvalue weighted by atomic mass is 35.5. The van der Waals surface area contributed by atoms with Gasteiger partial charge in [-0.15, -0.1) is 0 Å². The number of nitro benzene ring substituents is 1. The first-order valence-corrected chi connectivity index (χ1v) is 17.0. The molecule has 4 aromatic carbocycles. The number of hydrogen-bond acceptors (Lipinski definition) is 8. The lowest BCUT2D eigenvalue weighted by Crippen LogP contribution is -2.53. The molecule has 2 heterocycles. The van der Waals surface area contributed by atoms with E-state index in [4.69, 9.17) is 11.6 Å². The predicted octanol–water partition coefficient (Wildman–Crippen LogP) is 6.45. The highest BCUT2D eigenvalue weighted by Crippen LogP contribution is 2.64. The molecule has 4 aliphatic rings. The van der Waals surface area contributed by atoms with Gasteiger partial charge in [-0.1, -0.05) is 83.4 Å². The number of amides is 4. The standard InChI is InChI=1S/C39H31ClN4O7/c1-21-10-12-23(13-11-21)41-43-36(47)31-20-30-27(16-17-29-33(30)37(48)42(35(29)46)24-8-5-9-25(18-24)44(50)51)34(28-15-14-26(45)19-32(28)40)39(31,38(43)49)22-6-3-2-4-7-22/h2-16,18-19,29-31,33-34,41,45H,17,20H2,1H3. The van der Waals surface area contributed by atoms with Crippen molar-refractivity contribution in [3.05, 3.63) is 141 Å². The molecule has 1 saturated carbocycles. The van der Waals surface area contributed by atoms with Crippen molar-refractivity contribution in [1.29, 1.82) is 0 Å². The molecule has 8 rings (SSSR count). The predicted molar refractivity (Wildman–Crippen MR) is 187 cm³/mol. The lowest BCUT2D eigenvalue weighted by molar-refractivity contribution is -0.384. The second kappa shape index (κ2) is 11.9. The molecule has 6 atom stereocenters. The molecule has 6 unspecified atom stereocenters. The van der Waals surface area contributed by atoms with E-state index in [1.165, 1.54) is 36.4 Å². The second-order valence-electron chi connectivity index (χ2n) is 13.6. The zero-order valence-corrected chi connectivity index (χ0v) is 28.0. The number of nitrogens with zero attached hydrogens (tertiary/aromatic N) is 3. The molecule has 0 spiro atoms. The van der Waals surface area contributed by atoms with Crippen LogP contribution in [-0.4, -0.2) is 38.7 Å². The third-order valence-electron chi connectivity index (χ3n) is 11.0. The molecule has 4 amide bonds. The van der Waals surface area contributed by atoms with Crippen molar-refractivity contribution in [2.75, 3.05) is 10.3 Å². The van der Waals surface area contributed by atoms with Crippen molar-refractivity contribution in [2.45, 2.75) is 31.1 Å². The molecule has 2 N–H and O–H groups in total. The molecule has 51 heavy (non-hydrogen) atoms. The van der Waals surface area contributed by atoms with Gasteiger partial charge >= 0.3 is 0 Å². The van der Waals surface area contributed by atoms with Crippen LogP contribution in [0.25, 0.3) is 0 Å². The molecule has 256 valence electrons. The summed E-state index contributed by atoms with van der Waals surface area (Å²) in [6.45, 7) is 1.93. The third kappa shape index (κ3) is 4.79. The number of benzene rings is 4. The van der Waals surface area contributed by atoms with Crippen LogP contribution in [0.4, 0.5) is 17.1 Å². The van der Waals surface area contributed by atoms with Crippen molar-refractivity contribution in [3.8, 4) is 5.75 Å². The van der Waals surface area contributed by atoms with E-state index >= 15 is 4.79 Å². The van der Waals surface area contributed by atoms with E-state index in [9.17, 15) is 29.6 Å². The summed E-state index contributed by atoms with van der Waals surface area (Å²) in [5.41, 5.74) is 4.69. The number of fused-ring (bicyclic) bond motifs is 4. The monoisotopic (exact) mass is 702 g/mol. The van der Waals surface area contributed by atoms with Crippen molar-refractivity contribution >= 4 is 52.3 Å². The number of nitro groups is 1. The van der Waals surface area contributed by atoms with Gasteiger partial charge in [0.1, 0.15) is 5.75 Å². The summed E-state index contributed by atoms with van der Waals surface area (Å²) in [6.07, 6.45) is 2.14. The van der Waals surface area contributed by atoms with E-state index in [0.717, 1.165) is 15.5 Å².